The summed E-state index contributed by atoms with van der Waals surface area (Å²) in [6, 6.07) is 6.32. The van der Waals surface area contributed by atoms with Gasteiger partial charge in [0.1, 0.15) is 5.75 Å². The summed E-state index contributed by atoms with van der Waals surface area (Å²) in [5.74, 6) is 1.71. The van der Waals surface area contributed by atoms with Crippen LogP contribution in [0.25, 0.3) is 0 Å². The van der Waals surface area contributed by atoms with Gasteiger partial charge >= 0.3 is 0 Å². The van der Waals surface area contributed by atoms with Crippen LogP contribution in [0, 0.1) is 5.92 Å². The van der Waals surface area contributed by atoms with Crippen LogP contribution in [0.1, 0.15) is 45.6 Å². The van der Waals surface area contributed by atoms with Gasteiger partial charge in [-0.05, 0) is 69.3 Å². The van der Waals surface area contributed by atoms with E-state index in [1.165, 1.54) is 29.3 Å². The molecule has 1 N–H and O–H groups in total. The lowest BCUT2D eigenvalue weighted by Gasteiger charge is -2.13. The molecule has 0 bridgehead atoms. The van der Waals surface area contributed by atoms with Gasteiger partial charge in [-0.2, -0.15) is 0 Å². The van der Waals surface area contributed by atoms with E-state index in [9.17, 15) is 0 Å². The van der Waals surface area contributed by atoms with E-state index in [1.807, 2.05) is 6.92 Å². The molecule has 0 aliphatic carbocycles. The molecular weight excluding hydrogens is 314 g/mol. The molecule has 1 rings (SSSR count). The maximum atomic E-state index is 5.51. The van der Waals surface area contributed by atoms with E-state index in [1.54, 1.807) is 0 Å². The number of nitrogens with one attached hydrogen (secondary N) is 1. The normalized spacial score (nSPS) is 12.4. The van der Waals surface area contributed by atoms with Crippen molar-refractivity contribution in [3.63, 3.8) is 0 Å². The molecule has 1 atom stereocenters. The van der Waals surface area contributed by atoms with E-state index in [-0.39, 0.29) is 0 Å². The van der Waals surface area contributed by atoms with Gasteiger partial charge in [0, 0.05) is 4.47 Å². The number of halogens is 1. The highest BCUT2D eigenvalue weighted by Crippen LogP contribution is 2.25. The lowest BCUT2D eigenvalue weighted by molar-refractivity contribution is 0.340. The zero-order valence-corrected chi connectivity index (χ0v) is 14.6. The Kier molecular flexibility index (Phi) is 8.95. The van der Waals surface area contributed by atoms with Gasteiger partial charge in [-0.3, -0.25) is 0 Å². The fraction of sp³-hybridized carbons (Fsp3) is 0.647. The molecular formula is C17H28BrNO. The van der Waals surface area contributed by atoms with Crippen molar-refractivity contribution in [3.8, 4) is 5.75 Å². The number of rotatable bonds is 10. The van der Waals surface area contributed by atoms with Crippen LogP contribution in [0.3, 0.4) is 0 Å². The summed E-state index contributed by atoms with van der Waals surface area (Å²) in [6.07, 6.45) is 4.84. The molecule has 0 aliphatic heterocycles. The van der Waals surface area contributed by atoms with E-state index in [2.05, 4.69) is 53.3 Å². The van der Waals surface area contributed by atoms with Crippen molar-refractivity contribution in [3.05, 3.63) is 28.2 Å². The van der Waals surface area contributed by atoms with Gasteiger partial charge in [-0.15, -0.1) is 0 Å². The highest BCUT2D eigenvalue weighted by atomic mass is 79.9. The second-order valence-corrected chi connectivity index (χ2v) is 6.22. The zero-order valence-electron chi connectivity index (χ0n) is 13.0. The quantitative estimate of drug-likeness (QED) is 0.616. The SMILES string of the molecule is CCCNCCC(C)CCc1ccc(OCC)cc1Br. The van der Waals surface area contributed by atoms with E-state index in [0.717, 1.165) is 31.2 Å². The average molecular weight is 342 g/mol. The number of aryl methyl sites for hydroxylation is 1. The Morgan fingerprint density at radius 1 is 1.20 bits per heavy atom. The summed E-state index contributed by atoms with van der Waals surface area (Å²) in [5, 5.41) is 3.47. The van der Waals surface area contributed by atoms with Crippen LogP contribution in [0.4, 0.5) is 0 Å². The van der Waals surface area contributed by atoms with Crippen molar-refractivity contribution in [1.82, 2.24) is 5.32 Å². The van der Waals surface area contributed by atoms with E-state index >= 15 is 0 Å². The molecule has 1 unspecified atom stereocenters. The topological polar surface area (TPSA) is 21.3 Å². The fourth-order valence-corrected chi connectivity index (χ4v) is 2.74. The summed E-state index contributed by atoms with van der Waals surface area (Å²) in [4.78, 5) is 0. The molecule has 20 heavy (non-hydrogen) atoms. The highest BCUT2D eigenvalue weighted by Gasteiger charge is 2.06. The molecule has 2 nitrogen and oxygen atoms in total. The maximum absolute atomic E-state index is 5.51. The summed E-state index contributed by atoms with van der Waals surface area (Å²) in [6.45, 7) is 9.55. The molecule has 0 spiro atoms. The third-order valence-corrected chi connectivity index (χ3v) is 4.22. The van der Waals surface area contributed by atoms with E-state index < -0.39 is 0 Å². The van der Waals surface area contributed by atoms with Gasteiger partial charge in [0.2, 0.25) is 0 Å². The number of hydrogen-bond acceptors (Lipinski definition) is 2. The van der Waals surface area contributed by atoms with Gasteiger partial charge in [-0.1, -0.05) is 35.8 Å². The summed E-state index contributed by atoms with van der Waals surface area (Å²) in [7, 11) is 0. The molecule has 0 radical (unpaired) electrons. The molecule has 0 amide bonds. The molecule has 3 heteroatoms. The van der Waals surface area contributed by atoms with Crippen LogP contribution in [0.2, 0.25) is 0 Å². The van der Waals surface area contributed by atoms with Crippen LogP contribution in [-0.4, -0.2) is 19.7 Å². The van der Waals surface area contributed by atoms with Crippen molar-refractivity contribution in [2.24, 2.45) is 5.92 Å². The van der Waals surface area contributed by atoms with Crippen LogP contribution >= 0.6 is 15.9 Å². The average Bonchev–Trinajstić information content (AvgIpc) is 2.43. The van der Waals surface area contributed by atoms with Crippen molar-refractivity contribution >= 4 is 15.9 Å². The van der Waals surface area contributed by atoms with Crippen molar-refractivity contribution in [1.29, 1.82) is 0 Å². The molecule has 0 aromatic heterocycles. The number of ether oxygens (including phenoxy) is 1. The molecule has 0 aliphatic rings. The molecule has 1 aromatic rings. The van der Waals surface area contributed by atoms with Crippen molar-refractivity contribution < 1.29 is 4.74 Å². The first kappa shape index (κ1) is 17.5. The molecule has 0 saturated heterocycles. The second-order valence-electron chi connectivity index (χ2n) is 5.37. The second kappa shape index (κ2) is 10.2. The summed E-state index contributed by atoms with van der Waals surface area (Å²) >= 11 is 3.65. The summed E-state index contributed by atoms with van der Waals surface area (Å²) < 4.78 is 6.67. The Hall–Kier alpha value is -0.540. The molecule has 0 saturated carbocycles. The Bertz CT molecular complexity index is 381. The van der Waals surface area contributed by atoms with E-state index in [0.29, 0.717) is 6.61 Å². The minimum atomic E-state index is 0.716. The van der Waals surface area contributed by atoms with Crippen molar-refractivity contribution in [2.45, 2.75) is 46.5 Å². The van der Waals surface area contributed by atoms with Gasteiger partial charge in [0.15, 0.2) is 0 Å². The predicted molar refractivity (Wildman–Crippen MR) is 90.6 cm³/mol. The third kappa shape index (κ3) is 6.76. The third-order valence-electron chi connectivity index (χ3n) is 3.48. The standard InChI is InChI=1S/C17H28BrNO/c1-4-11-19-12-10-14(3)6-7-15-8-9-16(20-5-2)13-17(15)18/h8-9,13-14,19H,4-7,10-12H2,1-3H3. The predicted octanol–water partition coefficient (Wildman–Crippen LogP) is 4.81. The minimum Gasteiger partial charge on any atom is -0.494 e. The first-order chi connectivity index (χ1) is 9.67. The van der Waals surface area contributed by atoms with Gasteiger partial charge < -0.3 is 10.1 Å². The molecule has 0 heterocycles. The summed E-state index contributed by atoms with van der Waals surface area (Å²) in [5.41, 5.74) is 1.38. The van der Waals surface area contributed by atoms with Crippen LogP contribution < -0.4 is 10.1 Å². The van der Waals surface area contributed by atoms with Crippen LogP contribution in [0.15, 0.2) is 22.7 Å². The Morgan fingerprint density at radius 3 is 2.65 bits per heavy atom. The lowest BCUT2D eigenvalue weighted by Crippen LogP contribution is -2.18. The van der Waals surface area contributed by atoms with Gasteiger partial charge in [0.05, 0.1) is 6.61 Å². The number of hydrogen-bond donors (Lipinski definition) is 1. The smallest absolute Gasteiger partial charge is 0.120 e. The first-order valence-electron chi connectivity index (χ1n) is 7.79. The maximum Gasteiger partial charge on any atom is 0.120 e. The van der Waals surface area contributed by atoms with Crippen LogP contribution in [-0.2, 0) is 6.42 Å². The Labute approximate surface area is 132 Å². The zero-order chi connectivity index (χ0) is 14.8. The van der Waals surface area contributed by atoms with Crippen molar-refractivity contribution in [2.75, 3.05) is 19.7 Å². The molecule has 0 fully saturated rings. The monoisotopic (exact) mass is 341 g/mol. The number of benzene rings is 1. The fourth-order valence-electron chi connectivity index (χ4n) is 2.18. The highest BCUT2D eigenvalue weighted by molar-refractivity contribution is 9.10. The lowest BCUT2D eigenvalue weighted by atomic mass is 9.98. The molecule has 114 valence electrons. The van der Waals surface area contributed by atoms with E-state index in [4.69, 9.17) is 4.74 Å². The van der Waals surface area contributed by atoms with Gasteiger partial charge in [0.25, 0.3) is 0 Å². The van der Waals surface area contributed by atoms with Gasteiger partial charge in [-0.25, -0.2) is 0 Å². The first-order valence-corrected chi connectivity index (χ1v) is 8.58. The minimum absolute atomic E-state index is 0.716. The molecule has 1 aromatic carbocycles. The Morgan fingerprint density at radius 2 is 2.00 bits per heavy atom. The van der Waals surface area contributed by atoms with Crippen LogP contribution in [0.5, 0.6) is 5.75 Å². The Balaban J connectivity index is 2.33. The largest absolute Gasteiger partial charge is 0.494 e.